The first-order chi connectivity index (χ1) is 10.2. The van der Waals surface area contributed by atoms with Gasteiger partial charge in [0.15, 0.2) is 0 Å². The first-order valence-corrected chi connectivity index (χ1v) is 7.66. The van der Waals surface area contributed by atoms with Gasteiger partial charge in [0.25, 0.3) is 0 Å². The van der Waals surface area contributed by atoms with Gasteiger partial charge in [-0.1, -0.05) is 6.42 Å². The number of nitrogens with two attached hydrogens (primary N) is 1. The van der Waals surface area contributed by atoms with Crippen LogP contribution in [0.4, 0.5) is 11.4 Å². The molecule has 0 saturated carbocycles. The molecule has 1 unspecified atom stereocenters. The lowest BCUT2D eigenvalue weighted by atomic mass is 9.99. The fourth-order valence-electron chi connectivity index (χ4n) is 3.44. The number of hydrogen-bond donors (Lipinski definition) is 1. The summed E-state index contributed by atoms with van der Waals surface area (Å²) in [7, 11) is 1.40. The minimum Gasteiger partial charge on any atom is -0.465 e. The standard InChI is InChI=1S/C16H23N3O2/c1-21-16(20)12-5-6-14(17)15(10-12)19-9-8-18-7-3-2-4-13(18)11-19/h5-6,10,13H,2-4,7-9,11,17H2,1H3. The SMILES string of the molecule is COC(=O)c1ccc(N)c(N2CCN3CCCCC3C2)c1. The lowest BCUT2D eigenvalue weighted by Gasteiger charge is -2.45. The number of benzene rings is 1. The number of piperidine rings is 1. The highest BCUT2D eigenvalue weighted by Crippen LogP contribution is 2.29. The molecular formula is C16H23N3O2. The number of nitrogen functional groups attached to an aromatic ring is 1. The second-order valence-electron chi connectivity index (χ2n) is 5.90. The second-order valence-corrected chi connectivity index (χ2v) is 5.90. The summed E-state index contributed by atoms with van der Waals surface area (Å²) < 4.78 is 4.80. The summed E-state index contributed by atoms with van der Waals surface area (Å²) >= 11 is 0. The van der Waals surface area contributed by atoms with Gasteiger partial charge in [-0.25, -0.2) is 4.79 Å². The van der Waals surface area contributed by atoms with Crippen molar-refractivity contribution in [2.75, 3.05) is 43.9 Å². The lowest BCUT2D eigenvalue weighted by molar-refractivity contribution is 0.0601. The zero-order chi connectivity index (χ0) is 14.8. The van der Waals surface area contributed by atoms with E-state index in [9.17, 15) is 4.79 Å². The van der Waals surface area contributed by atoms with Gasteiger partial charge in [-0.05, 0) is 37.6 Å². The van der Waals surface area contributed by atoms with Crippen LogP contribution in [0.5, 0.6) is 0 Å². The predicted octanol–water partition coefficient (Wildman–Crippen LogP) is 1.73. The molecule has 5 nitrogen and oxygen atoms in total. The Bertz CT molecular complexity index is 532. The van der Waals surface area contributed by atoms with Crippen molar-refractivity contribution in [3.8, 4) is 0 Å². The molecule has 2 aliphatic rings. The van der Waals surface area contributed by atoms with E-state index in [1.165, 1.54) is 32.9 Å². The van der Waals surface area contributed by atoms with Crippen molar-refractivity contribution in [3.05, 3.63) is 23.8 Å². The predicted molar refractivity (Wildman–Crippen MR) is 83.6 cm³/mol. The molecule has 1 atom stereocenters. The summed E-state index contributed by atoms with van der Waals surface area (Å²) in [5.41, 5.74) is 8.38. The molecule has 0 aromatic heterocycles. The molecule has 1 aromatic rings. The Balaban J connectivity index is 1.81. The molecule has 0 amide bonds. The van der Waals surface area contributed by atoms with E-state index >= 15 is 0 Å². The van der Waals surface area contributed by atoms with Gasteiger partial charge in [-0.3, -0.25) is 4.90 Å². The largest absolute Gasteiger partial charge is 0.465 e. The molecule has 0 spiro atoms. The average Bonchev–Trinajstić information content (AvgIpc) is 2.54. The molecule has 2 N–H and O–H groups in total. The number of methoxy groups -OCH3 is 1. The maximum Gasteiger partial charge on any atom is 0.337 e. The summed E-state index contributed by atoms with van der Waals surface area (Å²) in [6.07, 6.45) is 3.89. The Morgan fingerprint density at radius 2 is 2.14 bits per heavy atom. The van der Waals surface area contributed by atoms with E-state index in [0.29, 0.717) is 11.6 Å². The van der Waals surface area contributed by atoms with E-state index < -0.39 is 0 Å². The van der Waals surface area contributed by atoms with Gasteiger partial charge in [-0.2, -0.15) is 0 Å². The summed E-state index contributed by atoms with van der Waals surface area (Å²) in [4.78, 5) is 16.6. The van der Waals surface area contributed by atoms with Crippen LogP contribution >= 0.6 is 0 Å². The van der Waals surface area contributed by atoms with Crippen LogP contribution in [0.3, 0.4) is 0 Å². The van der Waals surface area contributed by atoms with Crippen LogP contribution in [0.1, 0.15) is 29.6 Å². The Morgan fingerprint density at radius 3 is 2.95 bits per heavy atom. The number of rotatable bonds is 2. The number of fused-ring (bicyclic) bond motifs is 1. The van der Waals surface area contributed by atoms with Gasteiger partial charge in [0, 0.05) is 25.7 Å². The molecule has 21 heavy (non-hydrogen) atoms. The molecule has 2 saturated heterocycles. The van der Waals surface area contributed by atoms with Crippen molar-refractivity contribution in [2.24, 2.45) is 0 Å². The van der Waals surface area contributed by atoms with Crippen molar-refractivity contribution in [1.82, 2.24) is 4.90 Å². The topological polar surface area (TPSA) is 58.8 Å². The molecule has 0 bridgehead atoms. The maximum absolute atomic E-state index is 11.7. The normalized spacial score (nSPS) is 22.7. The van der Waals surface area contributed by atoms with Gasteiger partial charge >= 0.3 is 5.97 Å². The van der Waals surface area contributed by atoms with Crippen LogP contribution in [0.15, 0.2) is 18.2 Å². The molecule has 5 heteroatoms. The smallest absolute Gasteiger partial charge is 0.337 e. The van der Waals surface area contributed by atoms with Crippen molar-refractivity contribution >= 4 is 17.3 Å². The maximum atomic E-state index is 11.7. The van der Waals surface area contributed by atoms with E-state index in [4.69, 9.17) is 10.5 Å². The van der Waals surface area contributed by atoms with Crippen LogP contribution in [0.25, 0.3) is 0 Å². The minimum atomic E-state index is -0.312. The van der Waals surface area contributed by atoms with Gasteiger partial charge in [0.2, 0.25) is 0 Å². The highest BCUT2D eigenvalue weighted by molar-refractivity contribution is 5.92. The fraction of sp³-hybridized carbons (Fsp3) is 0.562. The molecule has 0 radical (unpaired) electrons. The van der Waals surface area contributed by atoms with E-state index in [1.54, 1.807) is 12.1 Å². The molecule has 2 aliphatic heterocycles. The molecule has 0 aliphatic carbocycles. The molecular weight excluding hydrogens is 266 g/mol. The van der Waals surface area contributed by atoms with Crippen LogP contribution in [0, 0.1) is 0 Å². The number of ether oxygens (including phenoxy) is 1. The van der Waals surface area contributed by atoms with E-state index in [-0.39, 0.29) is 5.97 Å². The first kappa shape index (κ1) is 14.2. The first-order valence-electron chi connectivity index (χ1n) is 7.66. The van der Waals surface area contributed by atoms with Crippen LogP contribution in [-0.4, -0.2) is 50.2 Å². The Labute approximate surface area is 125 Å². The number of esters is 1. The van der Waals surface area contributed by atoms with Gasteiger partial charge in [0.1, 0.15) is 0 Å². The molecule has 1 aromatic carbocycles. The quantitative estimate of drug-likeness (QED) is 0.664. The number of anilines is 2. The lowest BCUT2D eigenvalue weighted by Crippen LogP contribution is -2.55. The zero-order valence-electron chi connectivity index (χ0n) is 12.5. The van der Waals surface area contributed by atoms with Crippen molar-refractivity contribution in [3.63, 3.8) is 0 Å². The van der Waals surface area contributed by atoms with E-state index in [0.717, 1.165) is 31.0 Å². The number of hydrogen-bond acceptors (Lipinski definition) is 5. The molecule has 2 fully saturated rings. The number of carbonyl (C=O) groups is 1. The monoisotopic (exact) mass is 289 g/mol. The summed E-state index contributed by atoms with van der Waals surface area (Å²) in [6, 6.07) is 6.00. The Hall–Kier alpha value is -1.75. The fourth-order valence-corrected chi connectivity index (χ4v) is 3.44. The van der Waals surface area contributed by atoms with Gasteiger partial charge in [-0.15, -0.1) is 0 Å². The third kappa shape index (κ3) is 2.83. The second kappa shape index (κ2) is 5.93. The van der Waals surface area contributed by atoms with E-state index in [2.05, 4.69) is 9.80 Å². The van der Waals surface area contributed by atoms with Gasteiger partial charge in [0.05, 0.1) is 24.0 Å². The van der Waals surface area contributed by atoms with E-state index in [1.807, 2.05) is 6.07 Å². The summed E-state index contributed by atoms with van der Waals surface area (Å²) in [5.74, 6) is -0.312. The van der Waals surface area contributed by atoms with Crippen molar-refractivity contribution in [2.45, 2.75) is 25.3 Å². The average molecular weight is 289 g/mol. The third-order valence-corrected chi connectivity index (χ3v) is 4.63. The Morgan fingerprint density at radius 1 is 1.29 bits per heavy atom. The third-order valence-electron chi connectivity index (χ3n) is 4.63. The number of nitrogens with zero attached hydrogens (tertiary/aromatic N) is 2. The Kier molecular flexibility index (Phi) is 4.01. The molecule has 3 rings (SSSR count). The van der Waals surface area contributed by atoms with Crippen LogP contribution in [-0.2, 0) is 4.74 Å². The summed E-state index contributed by atoms with van der Waals surface area (Å²) in [6.45, 7) is 4.25. The van der Waals surface area contributed by atoms with Gasteiger partial charge < -0.3 is 15.4 Å². The van der Waals surface area contributed by atoms with Crippen LogP contribution in [0.2, 0.25) is 0 Å². The molecule has 114 valence electrons. The summed E-state index contributed by atoms with van der Waals surface area (Å²) in [5, 5.41) is 0. The highest BCUT2D eigenvalue weighted by Gasteiger charge is 2.29. The van der Waals surface area contributed by atoms with Crippen molar-refractivity contribution in [1.29, 1.82) is 0 Å². The molecule has 2 heterocycles. The van der Waals surface area contributed by atoms with Crippen molar-refractivity contribution < 1.29 is 9.53 Å². The zero-order valence-corrected chi connectivity index (χ0v) is 12.5. The number of piperazine rings is 1. The van der Waals surface area contributed by atoms with Crippen LogP contribution < -0.4 is 10.6 Å². The number of carbonyl (C=O) groups excluding carboxylic acids is 1. The minimum absolute atomic E-state index is 0.312. The highest BCUT2D eigenvalue weighted by atomic mass is 16.5.